The molecule has 4 nitrogen and oxygen atoms in total. The van der Waals surface area contributed by atoms with Gasteiger partial charge in [0.05, 0.1) is 11.7 Å². The fourth-order valence-electron chi connectivity index (χ4n) is 1.29. The Hall–Kier alpha value is -1.71. The molecule has 0 saturated carbocycles. The Kier molecular flexibility index (Phi) is 7.59. The van der Waals surface area contributed by atoms with Gasteiger partial charge in [-0.1, -0.05) is 27.7 Å². The standard InChI is InChI=1S/C9H10N4.2C2H6/c1-6-12-8-5-11-4-3-7(8)9(10-2)13-6;2*1-2/h3-5H,1-2H3,(H,10,12,13);2*1-2H3. The summed E-state index contributed by atoms with van der Waals surface area (Å²) in [6.45, 7) is 9.87. The molecule has 2 aromatic rings. The Bertz CT molecular complexity index is 440. The van der Waals surface area contributed by atoms with E-state index in [1.165, 1.54) is 0 Å². The highest BCUT2D eigenvalue weighted by Gasteiger charge is 2.02. The first-order chi connectivity index (χ1) is 8.31. The molecule has 2 aromatic heterocycles. The zero-order chi connectivity index (χ0) is 13.3. The van der Waals surface area contributed by atoms with Gasteiger partial charge in [0.1, 0.15) is 11.6 Å². The van der Waals surface area contributed by atoms with Crippen LogP contribution in [0.4, 0.5) is 5.82 Å². The van der Waals surface area contributed by atoms with Crippen molar-refractivity contribution in [3.05, 3.63) is 24.3 Å². The third-order valence-corrected chi connectivity index (χ3v) is 1.85. The van der Waals surface area contributed by atoms with Crippen LogP contribution in [0.15, 0.2) is 18.5 Å². The maximum atomic E-state index is 4.27. The first-order valence-corrected chi connectivity index (χ1v) is 6.07. The minimum atomic E-state index is 0.754. The van der Waals surface area contributed by atoms with Gasteiger partial charge in [0, 0.05) is 18.6 Å². The summed E-state index contributed by atoms with van der Waals surface area (Å²) in [7, 11) is 1.85. The largest absolute Gasteiger partial charge is 0.373 e. The molecule has 0 atom stereocenters. The number of hydrogen-bond acceptors (Lipinski definition) is 4. The third-order valence-electron chi connectivity index (χ3n) is 1.85. The van der Waals surface area contributed by atoms with Gasteiger partial charge in [-0.05, 0) is 13.0 Å². The van der Waals surface area contributed by atoms with Gasteiger partial charge in [-0.3, -0.25) is 4.98 Å². The molecule has 2 heterocycles. The van der Waals surface area contributed by atoms with Gasteiger partial charge in [-0.15, -0.1) is 0 Å². The van der Waals surface area contributed by atoms with Crippen LogP contribution >= 0.6 is 0 Å². The van der Waals surface area contributed by atoms with E-state index in [0.717, 1.165) is 22.5 Å². The molecule has 1 N–H and O–H groups in total. The normalized spacial score (nSPS) is 8.59. The van der Waals surface area contributed by atoms with Crippen molar-refractivity contribution in [2.75, 3.05) is 12.4 Å². The van der Waals surface area contributed by atoms with Crippen molar-refractivity contribution >= 4 is 16.7 Å². The first kappa shape index (κ1) is 15.3. The number of fused-ring (bicyclic) bond motifs is 1. The highest BCUT2D eigenvalue weighted by molar-refractivity contribution is 5.88. The summed E-state index contributed by atoms with van der Waals surface area (Å²) in [6.07, 6.45) is 3.48. The molecule has 0 bridgehead atoms. The van der Waals surface area contributed by atoms with Crippen LogP contribution in [0.25, 0.3) is 10.9 Å². The second-order valence-corrected chi connectivity index (χ2v) is 2.76. The molecule has 17 heavy (non-hydrogen) atoms. The molecular formula is C13H22N4. The molecule has 0 aliphatic rings. The molecule has 0 aromatic carbocycles. The Labute approximate surface area is 104 Å². The van der Waals surface area contributed by atoms with E-state index in [-0.39, 0.29) is 0 Å². The first-order valence-electron chi connectivity index (χ1n) is 6.07. The van der Waals surface area contributed by atoms with E-state index in [1.54, 1.807) is 12.4 Å². The van der Waals surface area contributed by atoms with Crippen molar-refractivity contribution in [2.45, 2.75) is 34.6 Å². The maximum Gasteiger partial charge on any atom is 0.137 e. The number of anilines is 1. The maximum absolute atomic E-state index is 4.27. The summed E-state index contributed by atoms with van der Waals surface area (Å²) in [5.74, 6) is 1.61. The van der Waals surface area contributed by atoms with E-state index in [0.29, 0.717) is 0 Å². The summed E-state index contributed by atoms with van der Waals surface area (Å²) in [5, 5.41) is 4.03. The second kappa shape index (κ2) is 8.44. The SMILES string of the molecule is CC.CC.CNc1nc(C)nc2cnccc12. The Morgan fingerprint density at radius 3 is 2.29 bits per heavy atom. The average molecular weight is 234 g/mol. The Morgan fingerprint density at radius 1 is 1.06 bits per heavy atom. The van der Waals surface area contributed by atoms with Gasteiger partial charge < -0.3 is 5.32 Å². The van der Waals surface area contributed by atoms with Crippen LogP contribution in [0, 0.1) is 6.92 Å². The summed E-state index contributed by atoms with van der Waals surface area (Å²) >= 11 is 0. The molecule has 0 saturated heterocycles. The van der Waals surface area contributed by atoms with Crippen LogP contribution in [-0.2, 0) is 0 Å². The molecule has 94 valence electrons. The minimum absolute atomic E-state index is 0.754. The lowest BCUT2D eigenvalue weighted by Crippen LogP contribution is -1.98. The monoisotopic (exact) mass is 234 g/mol. The minimum Gasteiger partial charge on any atom is -0.373 e. The molecule has 0 unspecified atom stereocenters. The topological polar surface area (TPSA) is 50.7 Å². The summed E-state index contributed by atoms with van der Waals surface area (Å²) < 4.78 is 0. The van der Waals surface area contributed by atoms with E-state index >= 15 is 0 Å². The van der Waals surface area contributed by atoms with Crippen molar-refractivity contribution < 1.29 is 0 Å². The van der Waals surface area contributed by atoms with E-state index in [4.69, 9.17) is 0 Å². The third kappa shape index (κ3) is 3.98. The van der Waals surface area contributed by atoms with Crippen LogP contribution in [0.2, 0.25) is 0 Å². The van der Waals surface area contributed by atoms with E-state index < -0.39 is 0 Å². The molecule has 4 heteroatoms. The quantitative estimate of drug-likeness (QED) is 0.821. The zero-order valence-corrected chi connectivity index (χ0v) is 11.6. The Morgan fingerprint density at radius 2 is 1.71 bits per heavy atom. The van der Waals surface area contributed by atoms with Crippen LogP contribution < -0.4 is 5.32 Å². The number of aromatic nitrogens is 3. The summed E-state index contributed by atoms with van der Waals surface area (Å²) in [6, 6.07) is 1.90. The smallest absolute Gasteiger partial charge is 0.137 e. The number of nitrogens with zero attached hydrogens (tertiary/aromatic N) is 3. The lowest BCUT2D eigenvalue weighted by molar-refractivity contribution is 1.08. The number of hydrogen-bond donors (Lipinski definition) is 1. The molecule has 0 amide bonds. The van der Waals surface area contributed by atoms with Gasteiger partial charge in [-0.25, -0.2) is 9.97 Å². The van der Waals surface area contributed by atoms with Crippen LogP contribution in [0.1, 0.15) is 33.5 Å². The number of pyridine rings is 1. The van der Waals surface area contributed by atoms with Crippen LogP contribution in [0.5, 0.6) is 0 Å². The lowest BCUT2D eigenvalue weighted by atomic mass is 10.3. The molecular weight excluding hydrogens is 212 g/mol. The molecule has 0 aliphatic carbocycles. The number of nitrogens with one attached hydrogen (secondary N) is 1. The second-order valence-electron chi connectivity index (χ2n) is 2.76. The lowest BCUT2D eigenvalue weighted by Gasteiger charge is -2.04. The van der Waals surface area contributed by atoms with Crippen molar-refractivity contribution in [1.82, 2.24) is 15.0 Å². The highest BCUT2D eigenvalue weighted by atomic mass is 15.0. The van der Waals surface area contributed by atoms with Gasteiger partial charge in [-0.2, -0.15) is 0 Å². The van der Waals surface area contributed by atoms with Crippen LogP contribution in [0.3, 0.4) is 0 Å². The Balaban J connectivity index is 0.000000581. The van der Waals surface area contributed by atoms with Crippen molar-refractivity contribution in [3.63, 3.8) is 0 Å². The van der Waals surface area contributed by atoms with Crippen molar-refractivity contribution in [1.29, 1.82) is 0 Å². The van der Waals surface area contributed by atoms with Gasteiger partial charge in [0.2, 0.25) is 0 Å². The molecule has 0 spiro atoms. The van der Waals surface area contributed by atoms with Gasteiger partial charge in [0.15, 0.2) is 0 Å². The van der Waals surface area contributed by atoms with E-state index in [9.17, 15) is 0 Å². The van der Waals surface area contributed by atoms with Gasteiger partial charge in [0.25, 0.3) is 0 Å². The highest BCUT2D eigenvalue weighted by Crippen LogP contribution is 2.17. The average Bonchev–Trinajstić information content (AvgIpc) is 2.42. The van der Waals surface area contributed by atoms with E-state index in [2.05, 4.69) is 20.3 Å². The summed E-state index contributed by atoms with van der Waals surface area (Å²) in [4.78, 5) is 12.6. The number of aryl methyl sites for hydroxylation is 1. The molecule has 0 aliphatic heterocycles. The fourth-order valence-corrected chi connectivity index (χ4v) is 1.29. The van der Waals surface area contributed by atoms with Crippen molar-refractivity contribution in [2.24, 2.45) is 0 Å². The number of rotatable bonds is 1. The van der Waals surface area contributed by atoms with E-state index in [1.807, 2.05) is 47.7 Å². The van der Waals surface area contributed by atoms with Crippen LogP contribution in [-0.4, -0.2) is 22.0 Å². The predicted molar refractivity (Wildman–Crippen MR) is 74.3 cm³/mol. The predicted octanol–water partition coefficient (Wildman–Crippen LogP) is 3.43. The summed E-state index contributed by atoms with van der Waals surface area (Å²) in [5.41, 5.74) is 0.874. The molecule has 2 rings (SSSR count). The van der Waals surface area contributed by atoms with Gasteiger partial charge >= 0.3 is 0 Å². The van der Waals surface area contributed by atoms with Crippen molar-refractivity contribution in [3.8, 4) is 0 Å². The fraction of sp³-hybridized carbons (Fsp3) is 0.462. The molecule has 0 fully saturated rings. The zero-order valence-electron chi connectivity index (χ0n) is 11.6. The molecule has 0 radical (unpaired) electrons.